The summed E-state index contributed by atoms with van der Waals surface area (Å²) in [5.74, 6) is 1.27. The highest BCUT2D eigenvalue weighted by atomic mass is 16.5. The lowest BCUT2D eigenvalue weighted by Gasteiger charge is -2.37. The van der Waals surface area contributed by atoms with Gasteiger partial charge < -0.3 is 10.1 Å². The fraction of sp³-hybridized carbons (Fsp3) is 0.545. The Bertz CT molecular complexity index is 819. The number of benzene rings is 1. The van der Waals surface area contributed by atoms with E-state index >= 15 is 0 Å². The molecule has 2 fully saturated rings. The van der Waals surface area contributed by atoms with Gasteiger partial charge in [-0.1, -0.05) is 30.3 Å². The van der Waals surface area contributed by atoms with Gasteiger partial charge in [-0.3, -0.25) is 14.4 Å². The predicted molar refractivity (Wildman–Crippen MR) is 109 cm³/mol. The first-order valence-electron chi connectivity index (χ1n) is 10.1. The zero-order chi connectivity index (χ0) is 19.7. The quantitative estimate of drug-likeness (QED) is 0.863. The Hall–Kier alpha value is -2.18. The molecule has 4 atom stereocenters. The number of carbonyl (C=O) groups excluding carboxylic acids is 1. The van der Waals surface area contributed by atoms with Crippen LogP contribution in [0.2, 0.25) is 0 Å². The molecule has 1 aliphatic heterocycles. The van der Waals surface area contributed by atoms with Crippen LogP contribution in [0.5, 0.6) is 0 Å². The van der Waals surface area contributed by atoms with E-state index in [1.54, 1.807) is 14.0 Å². The summed E-state index contributed by atoms with van der Waals surface area (Å²) in [5.41, 5.74) is 3.51. The molecule has 1 aromatic heterocycles. The Morgan fingerprint density at radius 1 is 1.21 bits per heavy atom. The van der Waals surface area contributed by atoms with E-state index in [0.717, 1.165) is 38.2 Å². The van der Waals surface area contributed by atoms with Crippen molar-refractivity contribution >= 4 is 5.91 Å². The number of aryl methyl sites for hydroxylation is 1. The van der Waals surface area contributed by atoms with Crippen LogP contribution in [0.1, 0.15) is 25.3 Å². The summed E-state index contributed by atoms with van der Waals surface area (Å²) in [5, 5.41) is 7.80. The third-order valence-corrected chi connectivity index (χ3v) is 6.23. The summed E-state index contributed by atoms with van der Waals surface area (Å²) in [4.78, 5) is 14.1. The van der Waals surface area contributed by atoms with Crippen LogP contribution >= 0.6 is 0 Å². The highest BCUT2D eigenvalue weighted by Crippen LogP contribution is 2.38. The van der Waals surface area contributed by atoms with E-state index in [1.807, 2.05) is 17.8 Å². The van der Waals surface area contributed by atoms with Crippen molar-refractivity contribution in [1.29, 1.82) is 0 Å². The van der Waals surface area contributed by atoms with Gasteiger partial charge >= 0.3 is 0 Å². The number of hydrogen-bond donors (Lipinski definition) is 1. The molecule has 28 heavy (non-hydrogen) atoms. The Morgan fingerprint density at radius 2 is 1.93 bits per heavy atom. The molecule has 2 aromatic rings. The Balaban J connectivity index is 1.47. The van der Waals surface area contributed by atoms with Gasteiger partial charge in [0.1, 0.15) is 0 Å². The van der Waals surface area contributed by atoms with Gasteiger partial charge in [-0.15, -0.1) is 0 Å². The summed E-state index contributed by atoms with van der Waals surface area (Å²) >= 11 is 0. The lowest BCUT2D eigenvalue weighted by atomic mass is 9.77. The number of ether oxygens (including phenoxy) is 1. The molecular weight excluding hydrogens is 352 g/mol. The summed E-state index contributed by atoms with van der Waals surface area (Å²) in [6.07, 6.45) is 4.27. The van der Waals surface area contributed by atoms with E-state index < -0.39 is 0 Å². The first-order valence-corrected chi connectivity index (χ1v) is 10.1. The third kappa shape index (κ3) is 3.98. The normalized spacial score (nSPS) is 27.5. The van der Waals surface area contributed by atoms with E-state index in [2.05, 4.69) is 40.7 Å². The number of carbonyl (C=O) groups is 1. The molecule has 2 heterocycles. The molecular formula is C22H30N4O2. The van der Waals surface area contributed by atoms with Crippen molar-refractivity contribution in [3.05, 3.63) is 42.1 Å². The van der Waals surface area contributed by atoms with Gasteiger partial charge in [0.2, 0.25) is 5.91 Å². The van der Waals surface area contributed by atoms with Gasteiger partial charge in [0, 0.05) is 58.0 Å². The molecule has 1 aromatic carbocycles. The maximum atomic E-state index is 11.6. The minimum atomic E-state index is 0.0308. The molecule has 1 amide bonds. The Morgan fingerprint density at radius 3 is 2.61 bits per heavy atom. The smallest absolute Gasteiger partial charge is 0.217 e. The first kappa shape index (κ1) is 19.2. The number of likely N-dealkylation sites (tertiary alicyclic amines) is 1. The molecule has 0 unspecified atom stereocenters. The van der Waals surface area contributed by atoms with E-state index in [9.17, 15) is 4.79 Å². The molecule has 0 radical (unpaired) electrons. The largest absolute Gasteiger partial charge is 0.379 e. The summed E-state index contributed by atoms with van der Waals surface area (Å²) in [7, 11) is 3.75. The second-order valence-electron chi connectivity index (χ2n) is 8.31. The van der Waals surface area contributed by atoms with Gasteiger partial charge in [-0.25, -0.2) is 0 Å². The number of hydrogen-bond acceptors (Lipinski definition) is 4. The fourth-order valence-electron chi connectivity index (χ4n) is 5.05. The van der Waals surface area contributed by atoms with E-state index in [4.69, 9.17) is 9.84 Å². The number of aromatic nitrogens is 2. The average Bonchev–Trinajstić information content (AvgIpc) is 3.23. The second kappa shape index (κ2) is 8.05. The minimum absolute atomic E-state index is 0.0308. The highest BCUT2D eigenvalue weighted by Gasteiger charge is 2.42. The Kier molecular flexibility index (Phi) is 5.51. The zero-order valence-corrected chi connectivity index (χ0v) is 17.0. The minimum Gasteiger partial charge on any atom is -0.379 e. The lowest BCUT2D eigenvalue weighted by Crippen LogP contribution is -2.49. The fourth-order valence-corrected chi connectivity index (χ4v) is 5.05. The molecule has 0 bridgehead atoms. The van der Waals surface area contributed by atoms with Gasteiger partial charge in [-0.05, 0) is 24.7 Å². The van der Waals surface area contributed by atoms with E-state index in [-0.39, 0.29) is 18.1 Å². The molecule has 6 heteroatoms. The standard InChI is InChI=1S/C22H30N4O2/c1-15(27)23-20-9-17-12-26(13-18(17)10-21(20)28-3)14-19-11-25(2)24-22(19)16-7-5-4-6-8-16/h4-8,11,17-18,20-21H,9-10,12-14H2,1-3H3,(H,23,27)/t17-,18+,20-,21-/m1/s1. The van der Waals surface area contributed by atoms with Gasteiger partial charge in [0.25, 0.3) is 0 Å². The van der Waals surface area contributed by atoms with Crippen LogP contribution < -0.4 is 5.32 Å². The first-order chi connectivity index (χ1) is 13.5. The highest BCUT2D eigenvalue weighted by molar-refractivity contribution is 5.73. The van der Waals surface area contributed by atoms with E-state index in [1.165, 1.54) is 11.1 Å². The van der Waals surface area contributed by atoms with Crippen LogP contribution in [0, 0.1) is 11.8 Å². The number of nitrogens with zero attached hydrogens (tertiary/aromatic N) is 3. The van der Waals surface area contributed by atoms with Gasteiger partial charge in [0.05, 0.1) is 17.8 Å². The van der Waals surface area contributed by atoms with Crippen molar-refractivity contribution in [2.45, 2.75) is 38.5 Å². The summed E-state index contributed by atoms with van der Waals surface area (Å²) in [6, 6.07) is 10.5. The topological polar surface area (TPSA) is 59.4 Å². The van der Waals surface area contributed by atoms with Crippen molar-refractivity contribution in [3.8, 4) is 11.3 Å². The number of amides is 1. The van der Waals surface area contributed by atoms with Crippen LogP contribution in [0.15, 0.2) is 36.5 Å². The van der Waals surface area contributed by atoms with Crippen molar-refractivity contribution in [2.24, 2.45) is 18.9 Å². The molecule has 0 spiro atoms. The van der Waals surface area contributed by atoms with Crippen LogP contribution in [-0.4, -0.2) is 52.9 Å². The van der Waals surface area contributed by atoms with Crippen molar-refractivity contribution < 1.29 is 9.53 Å². The molecule has 1 saturated carbocycles. The Labute approximate surface area is 166 Å². The van der Waals surface area contributed by atoms with Crippen molar-refractivity contribution in [3.63, 3.8) is 0 Å². The summed E-state index contributed by atoms with van der Waals surface area (Å²) in [6.45, 7) is 4.65. The number of fused-ring (bicyclic) bond motifs is 1. The van der Waals surface area contributed by atoms with Crippen LogP contribution in [-0.2, 0) is 23.1 Å². The van der Waals surface area contributed by atoms with Gasteiger partial charge in [0.15, 0.2) is 0 Å². The predicted octanol–water partition coefficient (Wildman–Crippen LogP) is 2.45. The molecule has 150 valence electrons. The lowest BCUT2D eigenvalue weighted by molar-refractivity contribution is -0.121. The van der Waals surface area contributed by atoms with Crippen LogP contribution in [0.4, 0.5) is 0 Å². The number of rotatable bonds is 5. The van der Waals surface area contributed by atoms with E-state index in [0.29, 0.717) is 11.8 Å². The molecule has 1 saturated heterocycles. The molecule has 6 nitrogen and oxygen atoms in total. The third-order valence-electron chi connectivity index (χ3n) is 6.23. The molecule has 4 rings (SSSR count). The molecule has 2 aliphatic rings. The number of methoxy groups -OCH3 is 1. The van der Waals surface area contributed by atoms with Crippen LogP contribution in [0.3, 0.4) is 0 Å². The van der Waals surface area contributed by atoms with Crippen molar-refractivity contribution in [2.75, 3.05) is 20.2 Å². The zero-order valence-electron chi connectivity index (χ0n) is 17.0. The second-order valence-corrected chi connectivity index (χ2v) is 8.31. The van der Waals surface area contributed by atoms with Gasteiger partial charge in [-0.2, -0.15) is 5.10 Å². The molecule has 1 aliphatic carbocycles. The monoisotopic (exact) mass is 382 g/mol. The average molecular weight is 383 g/mol. The SMILES string of the molecule is CO[C@@H]1C[C@H]2CN(Cc3cn(C)nc3-c3ccccc3)C[C@H]2C[C@H]1NC(C)=O. The maximum absolute atomic E-state index is 11.6. The maximum Gasteiger partial charge on any atom is 0.217 e. The van der Waals surface area contributed by atoms with Crippen LogP contribution in [0.25, 0.3) is 11.3 Å². The summed E-state index contributed by atoms with van der Waals surface area (Å²) < 4.78 is 7.61. The molecule has 1 N–H and O–H groups in total. The number of nitrogens with one attached hydrogen (secondary N) is 1. The van der Waals surface area contributed by atoms with Crippen molar-refractivity contribution in [1.82, 2.24) is 20.0 Å².